The lowest BCUT2D eigenvalue weighted by Crippen LogP contribution is -2.52. The Morgan fingerprint density at radius 1 is 1.09 bits per heavy atom. The van der Waals surface area contributed by atoms with Crippen LogP contribution in [-0.4, -0.2) is 88.8 Å². The molecule has 7 nitrogen and oxygen atoms in total. The number of hydrogen-bond acceptors (Lipinski definition) is 6. The van der Waals surface area contributed by atoms with E-state index >= 15 is 0 Å². The van der Waals surface area contributed by atoms with Gasteiger partial charge in [0.15, 0.2) is 0 Å². The molecule has 4 aliphatic heterocycles. The molecule has 5 rings (SSSR count). The molecule has 1 amide bonds. The smallest absolute Gasteiger partial charge is 0.410 e. The maximum Gasteiger partial charge on any atom is 0.410 e. The van der Waals surface area contributed by atoms with Crippen molar-refractivity contribution >= 4 is 6.09 Å². The summed E-state index contributed by atoms with van der Waals surface area (Å²) in [4.78, 5) is 16.9. The van der Waals surface area contributed by atoms with Gasteiger partial charge in [0.2, 0.25) is 0 Å². The van der Waals surface area contributed by atoms with Gasteiger partial charge in [0.1, 0.15) is 17.8 Å². The molecular formula is C27H44N2O5. The van der Waals surface area contributed by atoms with Crippen molar-refractivity contribution in [3.05, 3.63) is 11.6 Å². The number of hydrogen-bond donors (Lipinski definition) is 1. The molecule has 1 N–H and O–H groups in total. The molecular weight excluding hydrogens is 432 g/mol. The van der Waals surface area contributed by atoms with Gasteiger partial charge in [-0.2, -0.15) is 0 Å². The summed E-state index contributed by atoms with van der Waals surface area (Å²) in [5.74, 6) is 0.573. The maximum absolute atomic E-state index is 12.6. The van der Waals surface area contributed by atoms with Gasteiger partial charge in [-0.1, -0.05) is 11.6 Å². The monoisotopic (exact) mass is 476 g/mol. The van der Waals surface area contributed by atoms with Crippen LogP contribution in [0.5, 0.6) is 0 Å². The number of amides is 1. The molecule has 4 saturated heterocycles. The van der Waals surface area contributed by atoms with Crippen molar-refractivity contribution in [2.75, 3.05) is 32.7 Å². The molecule has 34 heavy (non-hydrogen) atoms. The van der Waals surface area contributed by atoms with Crippen LogP contribution in [0.1, 0.15) is 79.1 Å². The summed E-state index contributed by atoms with van der Waals surface area (Å²) in [5.41, 5.74) is 0.642. The molecule has 0 aromatic rings. The van der Waals surface area contributed by atoms with Gasteiger partial charge in [0.25, 0.3) is 0 Å². The number of allylic oxidation sites excluding steroid dienone is 1. The van der Waals surface area contributed by atoms with E-state index in [1.807, 2.05) is 11.8 Å². The van der Waals surface area contributed by atoms with Crippen molar-refractivity contribution in [2.45, 2.75) is 114 Å². The van der Waals surface area contributed by atoms with Gasteiger partial charge in [-0.15, -0.1) is 0 Å². The Morgan fingerprint density at radius 3 is 2.41 bits per heavy atom. The molecule has 1 unspecified atom stereocenters. The molecule has 0 bridgehead atoms. The average molecular weight is 477 g/mol. The van der Waals surface area contributed by atoms with Crippen molar-refractivity contribution < 1.29 is 24.1 Å². The first-order chi connectivity index (χ1) is 16.1. The van der Waals surface area contributed by atoms with E-state index in [1.165, 1.54) is 5.57 Å². The molecule has 4 heterocycles. The Kier molecular flexibility index (Phi) is 6.54. The van der Waals surface area contributed by atoms with E-state index < -0.39 is 5.60 Å². The lowest BCUT2D eigenvalue weighted by atomic mass is 9.80. The van der Waals surface area contributed by atoms with Crippen LogP contribution < -0.4 is 0 Å². The Balaban J connectivity index is 0.969. The van der Waals surface area contributed by atoms with E-state index in [2.05, 4.69) is 31.7 Å². The predicted molar refractivity (Wildman–Crippen MR) is 130 cm³/mol. The number of carbonyl (C=O) groups is 1. The first kappa shape index (κ1) is 24.5. The number of nitrogens with zero attached hydrogens (tertiary/aromatic N) is 2. The number of carbonyl (C=O) groups excluding carboxylic acids is 1. The molecule has 192 valence electrons. The predicted octanol–water partition coefficient (Wildman–Crippen LogP) is 3.89. The standard InChI is InChI=1S/C27H44N2O5/c1-19(2)5-6-22-26(4,33-22)23-27(34-23)10-7-21(8-11-27)32-24(30)29-17-20(18-29)9-14-28-15-12-25(3,31)13-16-28/h5,20-23,31H,6-18H2,1-4H3/t21?,22-,23?,26-,27?/m1/s1. The molecule has 1 spiro atoms. The van der Waals surface area contributed by atoms with Crippen molar-refractivity contribution in [1.82, 2.24) is 9.80 Å². The van der Waals surface area contributed by atoms with E-state index in [1.54, 1.807) is 0 Å². The largest absolute Gasteiger partial charge is 0.446 e. The van der Waals surface area contributed by atoms with E-state index in [-0.39, 0.29) is 35.6 Å². The van der Waals surface area contributed by atoms with E-state index in [0.717, 1.165) is 84.1 Å². The molecule has 3 atom stereocenters. The van der Waals surface area contributed by atoms with Crippen LogP contribution in [0, 0.1) is 5.92 Å². The fourth-order valence-electron chi connectivity index (χ4n) is 6.29. The highest BCUT2D eigenvalue weighted by molar-refractivity contribution is 5.68. The Labute approximate surface area is 204 Å². The number of piperidine rings is 1. The fraction of sp³-hybridized carbons (Fsp3) is 0.889. The zero-order valence-electron chi connectivity index (χ0n) is 21.6. The van der Waals surface area contributed by atoms with Gasteiger partial charge in [-0.05, 0) is 91.5 Å². The second kappa shape index (κ2) is 9.06. The van der Waals surface area contributed by atoms with Crippen LogP contribution in [0.15, 0.2) is 11.6 Å². The molecule has 7 heteroatoms. The quantitative estimate of drug-likeness (QED) is 0.444. The first-order valence-electron chi connectivity index (χ1n) is 13.5. The second-order valence-electron chi connectivity index (χ2n) is 12.4. The Bertz CT molecular complexity index is 785. The van der Waals surface area contributed by atoms with E-state index in [0.29, 0.717) is 5.92 Å². The third-order valence-corrected chi connectivity index (χ3v) is 9.06. The lowest BCUT2D eigenvalue weighted by Gasteiger charge is -2.41. The first-order valence-corrected chi connectivity index (χ1v) is 13.5. The minimum atomic E-state index is -0.490. The molecule has 1 aliphatic carbocycles. The number of aliphatic hydroxyl groups is 1. The van der Waals surface area contributed by atoms with Gasteiger partial charge in [0, 0.05) is 26.2 Å². The summed E-state index contributed by atoms with van der Waals surface area (Å²) in [6.07, 6.45) is 10.0. The van der Waals surface area contributed by atoms with Crippen molar-refractivity contribution in [3.63, 3.8) is 0 Å². The zero-order chi connectivity index (χ0) is 24.1. The molecule has 0 aromatic carbocycles. The zero-order valence-corrected chi connectivity index (χ0v) is 21.6. The van der Waals surface area contributed by atoms with Crippen LogP contribution in [0.3, 0.4) is 0 Å². The topological polar surface area (TPSA) is 78.1 Å². The van der Waals surface area contributed by atoms with Gasteiger partial charge < -0.3 is 29.1 Å². The third kappa shape index (κ3) is 5.18. The summed E-state index contributed by atoms with van der Waals surface area (Å²) in [6, 6.07) is 0. The van der Waals surface area contributed by atoms with Crippen LogP contribution in [0.25, 0.3) is 0 Å². The number of likely N-dealkylation sites (tertiary alicyclic amines) is 2. The molecule has 5 aliphatic rings. The van der Waals surface area contributed by atoms with Gasteiger partial charge >= 0.3 is 6.09 Å². The van der Waals surface area contributed by atoms with Crippen LogP contribution >= 0.6 is 0 Å². The Morgan fingerprint density at radius 2 is 1.76 bits per heavy atom. The van der Waals surface area contributed by atoms with Gasteiger partial charge in [-0.25, -0.2) is 4.79 Å². The summed E-state index contributed by atoms with van der Waals surface area (Å²) >= 11 is 0. The number of epoxide rings is 2. The van der Waals surface area contributed by atoms with E-state index in [4.69, 9.17) is 14.2 Å². The summed E-state index contributed by atoms with van der Waals surface area (Å²) < 4.78 is 18.1. The van der Waals surface area contributed by atoms with Crippen molar-refractivity contribution in [2.24, 2.45) is 5.92 Å². The average Bonchev–Trinajstić information content (AvgIpc) is 3.64. The summed E-state index contributed by atoms with van der Waals surface area (Å²) in [5, 5.41) is 10.1. The van der Waals surface area contributed by atoms with Crippen LogP contribution in [-0.2, 0) is 14.2 Å². The fourth-order valence-corrected chi connectivity index (χ4v) is 6.29. The highest BCUT2D eigenvalue weighted by Gasteiger charge is 2.73. The van der Waals surface area contributed by atoms with Crippen LogP contribution in [0.2, 0.25) is 0 Å². The SMILES string of the molecule is CC(C)=CC[C@H]1O[C@@]1(C)C1OC12CCC(OC(=O)N1CC(CCN3CCC(C)(O)CC3)C1)CC2. The van der Waals surface area contributed by atoms with Gasteiger partial charge in [-0.3, -0.25) is 0 Å². The minimum absolute atomic E-state index is 0.0116. The van der Waals surface area contributed by atoms with Crippen molar-refractivity contribution in [3.8, 4) is 0 Å². The summed E-state index contributed by atoms with van der Waals surface area (Å²) in [6.45, 7) is 13.0. The highest BCUT2D eigenvalue weighted by Crippen LogP contribution is 2.60. The minimum Gasteiger partial charge on any atom is -0.446 e. The van der Waals surface area contributed by atoms with E-state index in [9.17, 15) is 9.90 Å². The summed E-state index contributed by atoms with van der Waals surface area (Å²) in [7, 11) is 0. The molecule has 1 saturated carbocycles. The Hall–Kier alpha value is -1.15. The normalized spacial score (nSPS) is 39.4. The van der Waals surface area contributed by atoms with Gasteiger partial charge in [0.05, 0.1) is 17.3 Å². The third-order valence-electron chi connectivity index (χ3n) is 9.06. The number of ether oxygens (including phenoxy) is 3. The lowest BCUT2D eigenvalue weighted by molar-refractivity contribution is -0.0128. The van der Waals surface area contributed by atoms with Crippen LogP contribution in [0.4, 0.5) is 4.79 Å². The number of rotatable bonds is 7. The molecule has 0 radical (unpaired) electrons. The molecule has 5 fully saturated rings. The van der Waals surface area contributed by atoms with Crippen molar-refractivity contribution in [1.29, 1.82) is 0 Å². The maximum atomic E-state index is 12.6. The highest BCUT2D eigenvalue weighted by atomic mass is 16.7. The second-order valence-corrected chi connectivity index (χ2v) is 12.4. The molecule has 0 aromatic heterocycles.